The van der Waals surface area contributed by atoms with Crippen molar-refractivity contribution in [3.05, 3.63) is 71.3 Å². The van der Waals surface area contributed by atoms with Gasteiger partial charge >= 0.3 is 0 Å². The molecule has 2 aromatic carbocycles. The summed E-state index contributed by atoms with van der Waals surface area (Å²) in [5.41, 5.74) is 3.81. The van der Waals surface area contributed by atoms with Crippen molar-refractivity contribution < 1.29 is 4.74 Å². The molecule has 0 saturated heterocycles. The van der Waals surface area contributed by atoms with Gasteiger partial charge in [-0.05, 0) is 29.7 Å². The van der Waals surface area contributed by atoms with Crippen LogP contribution in [-0.4, -0.2) is 6.54 Å². The molecule has 1 N–H and O–H groups in total. The molecule has 0 saturated carbocycles. The maximum atomic E-state index is 5.82. The molecule has 0 amide bonds. The largest absolute Gasteiger partial charge is 0.372 e. The minimum absolute atomic E-state index is 0.664. The summed E-state index contributed by atoms with van der Waals surface area (Å²) in [5.74, 6) is 0. The Kier molecular flexibility index (Phi) is 6.28. The Morgan fingerprint density at radius 3 is 2.30 bits per heavy atom. The van der Waals surface area contributed by atoms with Crippen LogP contribution < -0.4 is 5.32 Å². The third-order valence-electron chi connectivity index (χ3n) is 3.23. The van der Waals surface area contributed by atoms with Crippen LogP contribution in [-0.2, 0) is 24.5 Å². The summed E-state index contributed by atoms with van der Waals surface area (Å²) < 4.78 is 5.82. The Labute approximate surface area is 121 Å². The molecule has 0 heterocycles. The van der Waals surface area contributed by atoms with Gasteiger partial charge in [-0.1, -0.05) is 61.5 Å². The minimum atomic E-state index is 0.664. The lowest BCUT2D eigenvalue weighted by Gasteiger charge is -2.11. The lowest BCUT2D eigenvalue weighted by molar-refractivity contribution is 0.106. The highest BCUT2D eigenvalue weighted by molar-refractivity contribution is 5.26. The van der Waals surface area contributed by atoms with Gasteiger partial charge in [-0.3, -0.25) is 0 Å². The van der Waals surface area contributed by atoms with E-state index in [4.69, 9.17) is 4.74 Å². The summed E-state index contributed by atoms with van der Waals surface area (Å²) in [5, 5.41) is 3.44. The zero-order chi connectivity index (χ0) is 14.0. The van der Waals surface area contributed by atoms with Crippen molar-refractivity contribution in [3.8, 4) is 0 Å². The van der Waals surface area contributed by atoms with Gasteiger partial charge in [-0.25, -0.2) is 0 Å². The van der Waals surface area contributed by atoms with Gasteiger partial charge < -0.3 is 10.1 Å². The van der Waals surface area contributed by atoms with Crippen LogP contribution in [0.2, 0.25) is 0 Å². The zero-order valence-electron chi connectivity index (χ0n) is 12.1. The summed E-state index contributed by atoms with van der Waals surface area (Å²) in [6.45, 7) is 5.48. The van der Waals surface area contributed by atoms with Crippen LogP contribution in [0.4, 0.5) is 0 Å². The average molecular weight is 269 g/mol. The number of ether oxygens (including phenoxy) is 1. The van der Waals surface area contributed by atoms with Crippen LogP contribution in [0.1, 0.15) is 30.0 Å². The Morgan fingerprint density at radius 2 is 1.55 bits per heavy atom. The van der Waals surface area contributed by atoms with Crippen molar-refractivity contribution in [1.29, 1.82) is 0 Å². The summed E-state index contributed by atoms with van der Waals surface area (Å²) in [6, 6.07) is 18.8. The number of nitrogens with one attached hydrogen (secondary N) is 1. The van der Waals surface area contributed by atoms with E-state index < -0.39 is 0 Å². The normalized spacial score (nSPS) is 10.7. The maximum absolute atomic E-state index is 5.82. The van der Waals surface area contributed by atoms with Crippen molar-refractivity contribution in [2.24, 2.45) is 0 Å². The first kappa shape index (κ1) is 14.8. The Morgan fingerprint density at radius 1 is 0.850 bits per heavy atom. The van der Waals surface area contributed by atoms with E-state index in [1.165, 1.54) is 16.7 Å². The standard InChI is InChI=1S/C18H23NO/c1-2-12-19-13-17-10-6-7-11-18(17)15-20-14-16-8-4-3-5-9-16/h3-11,19H,2,12-15H2,1H3. The monoisotopic (exact) mass is 269 g/mol. The molecule has 0 unspecified atom stereocenters. The van der Waals surface area contributed by atoms with Crippen LogP contribution in [0.5, 0.6) is 0 Å². The highest BCUT2D eigenvalue weighted by Gasteiger charge is 2.01. The van der Waals surface area contributed by atoms with Crippen molar-refractivity contribution >= 4 is 0 Å². The highest BCUT2D eigenvalue weighted by atomic mass is 16.5. The first-order valence-corrected chi connectivity index (χ1v) is 7.29. The van der Waals surface area contributed by atoms with Crippen LogP contribution in [0.15, 0.2) is 54.6 Å². The average Bonchev–Trinajstić information content (AvgIpc) is 2.50. The molecule has 2 nitrogen and oxygen atoms in total. The molecule has 2 aromatic rings. The number of benzene rings is 2. The number of hydrogen-bond acceptors (Lipinski definition) is 2. The van der Waals surface area contributed by atoms with Gasteiger partial charge in [0.2, 0.25) is 0 Å². The third-order valence-corrected chi connectivity index (χ3v) is 3.23. The fourth-order valence-corrected chi connectivity index (χ4v) is 2.12. The molecule has 0 fully saturated rings. The van der Waals surface area contributed by atoms with Crippen molar-refractivity contribution in [3.63, 3.8) is 0 Å². The molecule has 0 bridgehead atoms. The molecule has 0 aromatic heterocycles. The SMILES string of the molecule is CCCNCc1ccccc1COCc1ccccc1. The smallest absolute Gasteiger partial charge is 0.0724 e. The minimum Gasteiger partial charge on any atom is -0.372 e. The van der Waals surface area contributed by atoms with Crippen LogP contribution >= 0.6 is 0 Å². The second-order valence-electron chi connectivity index (χ2n) is 4.92. The van der Waals surface area contributed by atoms with Gasteiger partial charge in [0.15, 0.2) is 0 Å². The van der Waals surface area contributed by atoms with Crippen LogP contribution in [0.3, 0.4) is 0 Å². The number of hydrogen-bond donors (Lipinski definition) is 1. The Hall–Kier alpha value is -1.64. The van der Waals surface area contributed by atoms with Gasteiger partial charge in [0.05, 0.1) is 13.2 Å². The van der Waals surface area contributed by atoms with Gasteiger partial charge in [0.1, 0.15) is 0 Å². The first-order valence-electron chi connectivity index (χ1n) is 7.29. The van der Waals surface area contributed by atoms with E-state index in [9.17, 15) is 0 Å². The quantitative estimate of drug-likeness (QED) is 0.734. The molecule has 0 spiro atoms. The fourth-order valence-electron chi connectivity index (χ4n) is 2.12. The predicted molar refractivity (Wildman–Crippen MR) is 83.4 cm³/mol. The fraction of sp³-hybridized carbons (Fsp3) is 0.333. The lowest BCUT2D eigenvalue weighted by Crippen LogP contribution is -2.15. The molecule has 106 valence electrons. The molecule has 0 atom stereocenters. The maximum Gasteiger partial charge on any atom is 0.0724 e. The molecule has 0 radical (unpaired) electrons. The van der Waals surface area contributed by atoms with Gasteiger partial charge in [0.25, 0.3) is 0 Å². The van der Waals surface area contributed by atoms with Crippen molar-refractivity contribution in [2.75, 3.05) is 6.54 Å². The van der Waals surface area contributed by atoms with Gasteiger partial charge in [-0.15, -0.1) is 0 Å². The first-order chi connectivity index (χ1) is 9.90. The third kappa shape index (κ3) is 4.80. The lowest BCUT2D eigenvalue weighted by atomic mass is 10.1. The molecule has 0 aliphatic carbocycles. The van der Waals surface area contributed by atoms with Crippen molar-refractivity contribution in [1.82, 2.24) is 5.32 Å². The van der Waals surface area contributed by atoms with E-state index in [-0.39, 0.29) is 0 Å². The molecule has 2 rings (SSSR count). The molecule has 0 aliphatic heterocycles. The predicted octanol–water partition coefficient (Wildman–Crippen LogP) is 3.90. The summed E-state index contributed by atoms with van der Waals surface area (Å²) in [4.78, 5) is 0. The zero-order valence-corrected chi connectivity index (χ0v) is 12.1. The van der Waals surface area contributed by atoms with Crippen LogP contribution in [0, 0.1) is 0 Å². The van der Waals surface area contributed by atoms with E-state index in [1.54, 1.807) is 0 Å². The highest BCUT2D eigenvalue weighted by Crippen LogP contribution is 2.11. The molecule has 2 heteroatoms. The summed E-state index contributed by atoms with van der Waals surface area (Å²) in [7, 11) is 0. The van der Waals surface area contributed by atoms with E-state index in [0.29, 0.717) is 13.2 Å². The number of rotatable bonds is 8. The second-order valence-corrected chi connectivity index (χ2v) is 4.92. The van der Waals surface area contributed by atoms with E-state index in [1.807, 2.05) is 18.2 Å². The molecule has 0 aliphatic rings. The molecular weight excluding hydrogens is 246 g/mol. The van der Waals surface area contributed by atoms with Gasteiger partial charge in [-0.2, -0.15) is 0 Å². The topological polar surface area (TPSA) is 21.3 Å². The van der Waals surface area contributed by atoms with E-state index in [0.717, 1.165) is 19.5 Å². The van der Waals surface area contributed by atoms with E-state index in [2.05, 4.69) is 48.6 Å². The van der Waals surface area contributed by atoms with E-state index >= 15 is 0 Å². The van der Waals surface area contributed by atoms with Gasteiger partial charge in [0, 0.05) is 6.54 Å². The molecule has 20 heavy (non-hydrogen) atoms. The summed E-state index contributed by atoms with van der Waals surface area (Å²) in [6.07, 6.45) is 1.16. The van der Waals surface area contributed by atoms with Crippen molar-refractivity contribution in [2.45, 2.75) is 33.1 Å². The molecular formula is C18H23NO. The Bertz CT molecular complexity index is 496. The summed E-state index contributed by atoms with van der Waals surface area (Å²) >= 11 is 0. The second kappa shape index (κ2) is 8.51. The Balaban J connectivity index is 1.85. The van der Waals surface area contributed by atoms with Crippen LogP contribution in [0.25, 0.3) is 0 Å².